The number of fused-ring (bicyclic) bond motifs is 4. The van der Waals surface area contributed by atoms with E-state index >= 15 is 0 Å². The molecule has 2 saturated heterocycles. The van der Waals surface area contributed by atoms with E-state index in [9.17, 15) is 4.79 Å². The number of hydrogen-bond donors (Lipinski definition) is 1. The number of rotatable bonds is 5. The molecule has 6 heterocycles. The van der Waals surface area contributed by atoms with Gasteiger partial charge in [0.2, 0.25) is 0 Å². The molecule has 3 aliphatic heterocycles. The fourth-order valence-electron chi connectivity index (χ4n) is 5.11. The first-order chi connectivity index (χ1) is 17.8. The summed E-state index contributed by atoms with van der Waals surface area (Å²) in [6.45, 7) is 8.21. The van der Waals surface area contributed by atoms with Gasteiger partial charge in [0.25, 0.3) is 0 Å². The third-order valence-electron chi connectivity index (χ3n) is 6.83. The first-order valence-electron chi connectivity index (χ1n) is 12.5. The Kier molecular flexibility index (Phi) is 5.92. The third kappa shape index (κ3) is 4.82. The first-order valence-corrected chi connectivity index (χ1v) is 12.5. The van der Waals surface area contributed by atoms with Crippen LogP contribution in [0.25, 0.3) is 11.3 Å². The topological polar surface area (TPSA) is 102 Å². The van der Waals surface area contributed by atoms with Crippen molar-refractivity contribution in [1.29, 1.82) is 0 Å². The smallest absolute Gasteiger partial charge is 0.329 e. The minimum absolute atomic E-state index is 0.0386. The highest BCUT2D eigenvalue weighted by atomic mass is 16.7. The molecule has 6 rings (SSSR count). The van der Waals surface area contributed by atoms with Crippen molar-refractivity contribution in [3.63, 3.8) is 0 Å². The van der Waals surface area contributed by atoms with Crippen molar-refractivity contribution < 1.29 is 19.0 Å². The number of nitrogens with zero attached hydrogens (tertiary/aromatic N) is 5. The highest BCUT2D eigenvalue weighted by molar-refractivity contribution is 6.04. The number of carbonyl (C=O) groups excluding carboxylic acids is 1. The fraction of sp³-hybridized carbons (Fsp3) is 0.407. The molecule has 1 N–H and O–H groups in total. The molecule has 1 unspecified atom stereocenters. The first kappa shape index (κ1) is 23.6. The molecule has 0 aromatic carbocycles. The number of anilines is 3. The van der Waals surface area contributed by atoms with Gasteiger partial charge in [-0.3, -0.25) is 15.2 Å². The summed E-state index contributed by atoms with van der Waals surface area (Å²) in [6, 6.07) is 11.2. The highest BCUT2D eigenvalue weighted by Gasteiger charge is 2.40. The Bertz CT molecular complexity index is 1330. The summed E-state index contributed by atoms with van der Waals surface area (Å²) >= 11 is 0. The van der Waals surface area contributed by atoms with Crippen molar-refractivity contribution in [2.45, 2.75) is 45.1 Å². The predicted octanol–water partition coefficient (Wildman–Crippen LogP) is 4.01. The molecule has 0 spiro atoms. The number of aromatic nitrogens is 3. The van der Waals surface area contributed by atoms with E-state index in [2.05, 4.69) is 26.3 Å². The Morgan fingerprint density at radius 1 is 1.19 bits per heavy atom. The van der Waals surface area contributed by atoms with Gasteiger partial charge in [0.15, 0.2) is 11.6 Å². The third-order valence-corrected chi connectivity index (χ3v) is 6.83. The van der Waals surface area contributed by atoms with Crippen LogP contribution in [0.15, 0.2) is 48.8 Å². The maximum atomic E-state index is 13.6. The largest absolute Gasteiger partial charge is 0.491 e. The van der Waals surface area contributed by atoms with Gasteiger partial charge in [-0.1, -0.05) is 0 Å². The van der Waals surface area contributed by atoms with Crippen LogP contribution in [0, 0.1) is 6.92 Å². The molecule has 10 nitrogen and oxygen atoms in total. The van der Waals surface area contributed by atoms with Gasteiger partial charge in [-0.25, -0.2) is 14.8 Å². The molecule has 2 amide bonds. The van der Waals surface area contributed by atoms with Gasteiger partial charge in [-0.15, -0.1) is 0 Å². The molecule has 0 saturated carbocycles. The van der Waals surface area contributed by atoms with Crippen LogP contribution in [0.4, 0.5) is 22.1 Å². The Morgan fingerprint density at radius 2 is 2.05 bits per heavy atom. The van der Waals surface area contributed by atoms with Crippen molar-refractivity contribution in [1.82, 2.24) is 15.0 Å². The van der Waals surface area contributed by atoms with E-state index in [0.29, 0.717) is 30.6 Å². The van der Waals surface area contributed by atoms with Crippen LogP contribution in [0.2, 0.25) is 0 Å². The van der Waals surface area contributed by atoms with E-state index in [-0.39, 0.29) is 18.2 Å². The van der Waals surface area contributed by atoms with E-state index in [1.54, 1.807) is 29.4 Å². The molecule has 0 aliphatic carbocycles. The van der Waals surface area contributed by atoms with Gasteiger partial charge in [-0.2, -0.15) is 0 Å². The van der Waals surface area contributed by atoms with Crippen molar-refractivity contribution in [3.8, 4) is 17.0 Å². The number of aryl methyl sites for hydroxylation is 1. The van der Waals surface area contributed by atoms with E-state index in [1.807, 2.05) is 39.0 Å². The van der Waals surface area contributed by atoms with Crippen LogP contribution in [-0.2, 0) is 9.47 Å². The van der Waals surface area contributed by atoms with Crippen LogP contribution >= 0.6 is 0 Å². The fourth-order valence-corrected chi connectivity index (χ4v) is 5.11. The van der Waals surface area contributed by atoms with Crippen LogP contribution in [0.3, 0.4) is 0 Å². The van der Waals surface area contributed by atoms with E-state index in [0.717, 1.165) is 42.1 Å². The van der Waals surface area contributed by atoms with E-state index in [1.165, 1.54) is 0 Å². The monoisotopic (exact) mass is 502 g/mol. The second kappa shape index (κ2) is 9.28. The molecule has 3 aromatic heterocycles. The number of amides is 2. The quantitative estimate of drug-likeness (QED) is 0.559. The van der Waals surface area contributed by atoms with Gasteiger partial charge < -0.3 is 19.1 Å². The van der Waals surface area contributed by atoms with E-state index < -0.39 is 5.79 Å². The van der Waals surface area contributed by atoms with Gasteiger partial charge >= 0.3 is 6.03 Å². The summed E-state index contributed by atoms with van der Waals surface area (Å²) in [6.07, 6.45) is 4.12. The summed E-state index contributed by atoms with van der Waals surface area (Å²) in [7, 11) is 0. The molecule has 192 valence electrons. The zero-order chi connectivity index (χ0) is 25.6. The lowest BCUT2D eigenvalue weighted by Gasteiger charge is -2.35. The highest BCUT2D eigenvalue weighted by Crippen LogP contribution is 2.40. The van der Waals surface area contributed by atoms with Gasteiger partial charge in [-0.05, 0) is 57.5 Å². The van der Waals surface area contributed by atoms with Gasteiger partial charge in [0.1, 0.15) is 24.3 Å². The average Bonchev–Trinajstić information content (AvgIpc) is 3.46. The number of hydrogen-bond acceptors (Lipinski definition) is 8. The van der Waals surface area contributed by atoms with Crippen LogP contribution in [-0.4, -0.2) is 65.2 Å². The maximum Gasteiger partial charge on any atom is 0.329 e. The SMILES string of the molecule is Cc1cc(-c2ccc3c(n2)N(C(=O)Nc2cc(OCC4COC(C)(C)O4)ccn2)[C@H]2CCN3C2)ccn1. The molecular formula is C27H30N6O4. The van der Waals surface area contributed by atoms with Crippen molar-refractivity contribution in [2.24, 2.45) is 0 Å². The molecule has 2 fully saturated rings. The summed E-state index contributed by atoms with van der Waals surface area (Å²) < 4.78 is 17.3. The van der Waals surface area contributed by atoms with Crippen molar-refractivity contribution in [3.05, 3.63) is 54.5 Å². The maximum absolute atomic E-state index is 13.6. The molecule has 10 heteroatoms. The van der Waals surface area contributed by atoms with Gasteiger partial charge in [0.05, 0.1) is 24.0 Å². The lowest BCUT2D eigenvalue weighted by atomic mass is 10.1. The van der Waals surface area contributed by atoms with Crippen LogP contribution in [0.1, 0.15) is 26.0 Å². The van der Waals surface area contributed by atoms with Crippen molar-refractivity contribution in [2.75, 3.05) is 41.4 Å². The summed E-state index contributed by atoms with van der Waals surface area (Å²) in [5.41, 5.74) is 3.65. The standard InChI is InChI=1S/C27H30N6O4/c1-17-12-18(6-9-28-17)22-4-5-23-25(30-22)33(19-8-11-32(23)14-19)26(34)31-24-13-20(7-10-29-24)35-15-21-16-36-27(2,3)37-21/h4-7,9-10,12-13,19,21H,8,11,14-16H2,1-3H3,(H,29,31,34)/t19-,21?/m0/s1. The zero-order valence-electron chi connectivity index (χ0n) is 21.2. The second-order valence-electron chi connectivity index (χ2n) is 10.1. The van der Waals surface area contributed by atoms with Crippen LogP contribution in [0.5, 0.6) is 5.75 Å². The number of carbonyl (C=O) groups is 1. The molecule has 2 bridgehead atoms. The lowest BCUT2D eigenvalue weighted by Crippen LogP contribution is -2.48. The minimum atomic E-state index is -0.601. The lowest BCUT2D eigenvalue weighted by molar-refractivity contribution is -0.141. The molecule has 2 atom stereocenters. The van der Waals surface area contributed by atoms with Crippen molar-refractivity contribution >= 4 is 23.4 Å². The number of urea groups is 1. The average molecular weight is 503 g/mol. The normalized spacial score (nSPS) is 21.6. The number of ether oxygens (including phenoxy) is 3. The molecule has 0 radical (unpaired) electrons. The summed E-state index contributed by atoms with van der Waals surface area (Å²) in [4.78, 5) is 31.2. The molecule has 37 heavy (non-hydrogen) atoms. The Labute approximate surface area is 215 Å². The summed E-state index contributed by atoms with van der Waals surface area (Å²) in [5, 5.41) is 2.96. The second-order valence-corrected chi connectivity index (χ2v) is 10.1. The Balaban J connectivity index is 1.21. The Morgan fingerprint density at radius 3 is 2.86 bits per heavy atom. The predicted molar refractivity (Wildman–Crippen MR) is 139 cm³/mol. The zero-order valence-corrected chi connectivity index (χ0v) is 21.2. The number of nitrogens with one attached hydrogen (secondary N) is 1. The van der Waals surface area contributed by atoms with Crippen LogP contribution < -0.4 is 19.9 Å². The molecule has 3 aromatic rings. The molecule has 3 aliphatic rings. The number of pyridine rings is 3. The summed E-state index contributed by atoms with van der Waals surface area (Å²) in [5.74, 6) is 1.06. The molecular weight excluding hydrogens is 472 g/mol. The Hall–Kier alpha value is -3.76. The van der Waals surface area contributed by atoms with Gasteiger partial charge in [0, 0.05) is 42.8 Å². The van der Waals surface area contributed by atoms with E-state index in [4.69, 9.17) is 19.2 Å². The minimum Gasteiger partial charge on any atom is -0.491 e.